The number of ether oxygens (including phenoxy) is 3. The Kier molecular flexibility index (Phi) is 6.13. The third kappa shape index (κ3) is 4.45. The van der Waals surface area contributed by atoms with Gasteiger partial charge in [0.2, 0.25) is 0 Å². The maximum atomic E-state index is 12.7. The standard InChI is InChI=1S/C24H29NO7/c1-24(2)10-8-16-17(32-24)12-18(30-13-19(26)25-11-9-20(27)29-3)21-14-6-4-5-7-15(14)23(28)31-22(16)21/h12H,4-11,13H2,1-3H3,(H,25,26). The van der Waals surface area contributed by atoms with Gasteiger partial charge in [0, 0.05) is 23.7 Å². The van der Waals surface area contributed by atoms with E-state index in [9.17, 15) is 14.4 Å². The van der Waals surface area contributed by atoms with Crippen molar-refractivity contribution in [2.45, 2.75) is 64.4 Å². The predicted molar refractivity (Wildman–Crippen MR) is 117 cm³/mol. The minimum Gasteiger partial charge on any atom is -0.487 e. The van der Waals surface area contributed by atoms with Crippen LogP contribution in [-0.4, -0.2) is 37.7 Å². The number of rotatable bonds is 6. The van der Waals surface area contributed by atoms with Crippen LogP contribution in [0.4, 0.5) is 0 Å². The number of esters is 1. The van der Waals surface area contributed by atoms with Gasteiger partial charge in [0.1, 0.15) is 22.7 Å². The number of hydrogen-bond donors (Lipinski definition) is 1. The minimum absolute atomic E-state index is 0.0889. The van der Waals surface area contributed by atoms with Crippen LogP contribution in [0, 0.1) is 0 Å². The van der Waals surface area contributed by atoms with Crippen LogP contribution in [0.25, 0.3) is 11.0 Å². The number of fused-ring (bicyclic) bond motifs is 5. The van der Waals surface area contributed by atoms with Crippen molar-refractivity contribution in [3.63, 3.8) is 0 Å². The summed E-state index contributed by atoms with van der Waals surface area (Å²) in [6.45, 7) is 3.96. The summed E-state index contributed by atoms with van der Waals surface area (Å²) in [6, 6.07) is 1.81. The molecule has 1 aliphatic carbocycles. The summed E-state index contributed by atoms with van der Waals surface area (Å²) in [5.41, 5.74) is 2.39. The normalized spacial score (nSPS) is 16.5. The molecule has 1 aromatic carbocycles. The van der Waals surface area contributed by atoms with E-state index in [4.69, 9.17) is 13.9 Å². The molecule has 2 aromatic rings. The molecule has 0 spiro atoms. The van der Waals surface area contributed by atoms with Crippen LogP contribution >= 0.6 is 0 Å². The van der Waals surface area contributed by atoms with Gasteiger partial charge < -0.3 is 23.9 Å². The van der Waals surface area contributed by atoms with Crippen molar-refractivity contribution < 1.29 is 28.2 Å². The molecule has 8 nitrogen and oxygen atoms in total. The highest BCUT2D eigenvalue weighted by atomic mass is 16.5. The monoisotopic (exact) mass is 443 g/mol. The molecule has 1 aromatic heterocycles. The lowest BCUT2D eigenvalue weighted by Crippen LogP contribution is -2.33. The first-order valence-electron chi connectivity index (χ1n) is 11.1. The molecule has 2 heterocycles. The van der Waals surface area contributed by atoms with Crippen LogP contribution in [0.1, 0.15) is 56.2 Å². The molecule has 0 atom stereocenters. The lowest BCUT2D eigenvalue weighted by atomic mass is 9.87. The van der Waals surface area contributed by atoms with E-state index in [1.165, 1.54) is 7.11 Å². The molecule has 0 unspecified atom stereocenters. The lowest BCUT2D eigenvalue weighted by Gasteiger charge is -2.33. The number of methoxy groups -OCH3 is 1. The Hall–Kier alpha value is -3.03. The SMILES string of the molecule is COC(=O)CCNC(=O)COc1cc2c(c3oc(=O)c4c(c13)CCCC4)CCC(C)(C)O2. The molecule has 2 aliphatic rings. The molecule has 1 N–H and O–H groups in total. The van der Waals surface area contributed by atoms with Gasteiger partial charge in [0.15, 0.2) is 6.61 Å². The van der Waals surface area contributed by atoms with Gasteiger partial charge >= 0.3 is 11.6 Å². The number of carbonyl (C=O) groups excluding carboxylic acids is 2. The van der Waals surface area contributed by atoms with Gasteiger partial charge in [-0.1, -0.05) is 0 Å². The average molecular weight is 443 g/mol. The molecule has 172 valence electrons. The smallest absolute Gasteiger partial charge is 0.339 e. The van der Waals surface area contributed by atoms with Crippen LogP contribution in [-0.2, 0) is 33.6 Å². The topological polar surface area (TPSA) is 104 Å². The zero-order chi connectivity index (χ0) is 22.9. The first kappa shape index (κ1) is 22.2. The van der Waals surface area contributed by atoms with E-state index < -0.39 is 5.97 Å². The number of carbonyl (C=O) groups is 2. The van der Waals surface area contributed by atoms with Gasteiger partial charge in [-0.15, -0.1) is 0 Å². The van der Waals surface area contributed by atoms with Gasteiger partial charge in [-0.2, -0.15) is 0 Å². The van der Waals surface area contributed by atoms with E-state index in [2.05, 4.69) is 10.1 Å². The van der Waals surface area contributed by atoms with Crippen LogP contribution in [0.5, 0.6) is 11.5 Å². The largest absolute Gasteiger partial charge is 0.487 e. The molecule has 0 bridgehead atoms. The number of hydrogen-bond acceptors (Lipinski definition) is 7. The fourth-order valence-corrected chi connectivity index (χ4v) is 4.43. The summed E-state index contributed by atoms with van der Waals surface area (Å²) in [5.74, 6) is 0.343. The summed E-state index contributed by atoms with van der Waals surface area (Å²) < 4.78 is 22.5. The van der Waals surface area contributed by atoms with Gasteiger partial charge in [-0.3, -0.25) is 9.59 Å². The summed E-state index contributed by atoms with van der Waals surface area (Å²) in [4.78, 5) is 36.2. The molecule has 1 amide bonds. The zero-order valence-electron chi connectivity index (χ0n) is 18.8. The second kappa shape index (κ2) is 8.84. The number of benzene rings is 1. The van der Waals surface area contributed by atoms with E-state index in [0.717, 1.165) is 48.6 Å². The molecule has 1 aliphatic heterocycles. The highest BCUT2D eigenvalue weighted by Gasteiger charge is 2.32. The Labute approximate surface area is 186 Å². The van der Waals surface area contributed by atoms with Gasteiger partial charge in [0.05, 0.1) is 18.9 Å². The van der Waals surface area contributed by atoms with Crippen molar-refractivity contribution in [3.05, 3.63) is 33.2 Å². The molecule has 0 radical (unpaired) electrons. The Morgan fingerprint density at radius 1 is 1.12 bits per heavy atom. The minimum atomic E-state index is -0.395. The van der Waals surface area contributed by atoms with Crippen molar-refractivity contribution in [3.8, 4) is 11.5 Å². The summed E-state index contributed by atoms with van der Waals surface area (Å²) in [6.07, 6.45) is 5.01. The number of aryl methyl sites for hydroxylation is 2. The first-order valence-corrected chi connectivity index (χ1v) is 11.1. The highest BCUT2D eigenvalue weighted by molar-refractivity contribution is 5.93. The van der Waals surface area contributed by atoms with E-state index in [-0.39, 0.29) is 36.7 Å². The Balaban J connectivity index is 1.68. The fraction of sp³-hybridized carbons (Fsp3) is 0.542. The number of amides is 1. The second-order valence-electron chi connectivity index (χ2n) is 8.94. The van der Waals surface area contributed by atoms with Crippen molar-refractivity contribution in [2.24, 2.45) is 0 Å². The van der Waals surface area contributed by atoms with E-state index >= 15 is 0 Å². The Morgan fingerprint density at radius 3 is 2.62 bits per heavy atom. The average Bonchev–Trinajstić information content (AvgIpc) is 2.76. The summed E-state index contributed by atoms with van der Waals surface area (Å²) in [5, 5.41) is 3.41. The third-order valence-corrected chi connectivity index (χ3v) is 6.12. The van der Waals surface area contributed by atoms with Crippen molar-refractivity contribution in [1.82, 2.24) is 5.32 Å². The third-order valence-electron chi connectivity index (χ3n) is 6.12. The second-order valence-corrected chi connectivity index (χ2v) is 8.94. The van der Waals surface area contributed by atoms with Gasteiger partial charge in [-0.25, -0.2) is 4.79 Å². The zero-order valence-corrected chi connectivity index (χ0v) is 18.8. The fourth-order valence-electron chi connectivity index (χ4n) is 4.43. The van der Waals surface area contributed by atoms with Crippen molar-refractivity contribution in [2.75, 3.05) is 20.3 Å². The van der Waals surface area contributed by atoms with E-state index in [1.807, 2.05) is 19.9 Å². The lowest BCUT2D eigenvalue weighted by molar-refractivity contribution is -0.140. The van der Waals surface area contributed by atoms with E-state index in [1.54, 1.807) is 0 Å². The molecule has 8 heteroatoms. The Morgan fingerprint density at radius 2 is 1.88 bits per heavy atom. The maximum Gasteiger partial charge on any atom is 0.339 e. The molecule has 0 saturated heterocycles. The molecule has 0 saturated carbocycles. The van der Waals surface area contributed by atoms with Gasteiger partial charge in [0.25, 0.3) is 5.91 Å². The summed E-state index contributed by atoms with van der Waals surface area (Å²) in [7, 11) is 1.30. The quantitative estimate of drug-likeness (QED) is 0.541. The number of nitrogens with one attached hydrogen (secondary N) is 1. The van der Waals surface area contributed by atoms with Crippen LogP contribution < -0.4 is 20.4 Å². The molecular weight excluding hydrogens is 414 g/mol. The van der Waals surface area contributed by atoms with Crippen molar-refractivity contribution >= 4 is 22.8 Å². The van der Waals surface area contributed by atoms with Crippen LogP contribution in [0.15, 0.2) is 15.3 Å². The maximum absolute atomic E-state index is 12.7. The molecule has 0 fully saturated rings. The first-order chi connectivity index (χ1) is 15.3. The van der Waals surface area contributed by atoms with Crippen molar-refractivity contribution in [1.29, 1.82) is 0 Å². The van der Waals surface area contributed by atoms with Gasteiger partial charge in [-0.05, 0) is 57.9 Å². The molecule has 4 rings (SSSR count). The summed E-state index contributed by atoms with van der Waals surface area (Å²) >= 11 is 0. The molecular formula is C24H29NO7. The predicted octanol–water partition coefficient (Wildman–Crippen LogP) is 2.83. The Bertz CT molecular complexity index is 1120. The van der Waals surface area contributed by atoms with Crippen LogP contribution in [0.2, 0.25) is 0 Å². The van der Waals surface area contributed by atoms with E-state index in [0.29, 0.717) is 29.1 Å². The molecule has 32 heavy (non-hydrogen) atoms. The highest BCUT2D eigenvalue weighted by Crippen LogP contribution is 2.44. The van der Waals surface area contributed by atoms with Crippen LogP contribution in [0.3, 0.4) is 0 Å².